The van der Waals surface area contributed by atoms with Crippen LogP contribution in [0.3, 0.4) is 0 Å². The molecule has 2 aromatic rings. The smallest absolute Gasteiger partial charge is 0.203 e. The quantitative estimate of drug-likeness (QED) is 0.639. The van der Waals surface area contributed by atoms with E-state index in [9.17, 15) is 18.7 Å². The zero-order valence-corrected chi connectivity index (χ0v) is 20.2. The van der Waals surface area contributed by atoms with Crippen LogP contribution in [0.5, 0.6) is 0 Å². The maximum atomic E-state index is 14.0. The van der Waals surface area contributed by atoms with Crippen LogP contribution in [0.1, 0.15) is 55.5 Å². The Hall–Kier alpha value is -3.02. The lowest BCUT2D eigenvalue weighted by molar-refractivity contribution is -0.292. The largest absolute Gasteiger partial charge is 0.871 e. The van der Waals surface area contributed by atoms with Crippen molar-refractivity contribution in [1.82, 2.24) is 4.58 Å². The lowest BCUT2D eigenvalue weighted by atomic mass is 9.79. The first kappa shape index (κ1) is 22.8. The molecule has 0 unspecified atom stereocenters. The van der Waals surface area contributed by atoms with Crippen molar-refractivity contribution in [1.29, 1.82) is 0 Å². The van der Waals surface area contributed by atoms with Crippen molar-refractivity contribution >= 4 is 22.6 Å². The third kappa shape index (κ3) is 3.29. The minimum Gasteiger partial charge on any atom is -0.871 e. The number of ketones is 1. The van der Waals surface area contributed by atoms with Gasteiger partial charge in [-0.05, 0) is 79.8 Å². The number of alkyl halides is 2. The number of fused-ring (bicyclic) bond motifs is 2. The topological polar surface area (TPSA) is 46.4 Å². The second kappa shape index (κ2) is 8.33. The van der Waals surface area contributed by atoms with Crippen molar-refractivity contribution in [3.63, 3.8) is 0 Å². The fourth-order valence-electron chi connectivity index (χ4n) is 5.65. The third-order valence-electron chi connectivity index (χ3n) is 7.45. The number of nitrogens with zero attached hydrogens (tertiary/aromatic N) is 2. The first-order valence-electron chi connectivity index (χ1n) is 12.1. The van der Waals surface area contributed by atoms with Gasteiger partial charge in [-0.3, -0.25) is 4.79 Å². The number of benzene rings is 2. The van der Waals surface area contributed by atoms with Gasteiger partial charge in [-0.15, -0.1) is 0 Å². The molecule has 1 aliphatic carbocycles. The van der Waals surface area contributed by atoms with Gasteiger partial charge in [0.25, 0.3) is 0 Å². The van der Waals surface area contributed by atoms with E-state index in [2.05, 4.69) is 37.2 Å². The molecule has 0 saturated carbocycles. The van der Waals surface area contributed by atoms with Crippen molar-refractivity contribution in [2.45, 2.75) is 66.0 Å². The van der Waals surface area contributed by atoms with Crippen LogP contribution in [-0.2, 0) is 31.0 Å². The molecule has 2 aromatic carbocycles. The Kier molecular flexibility index (Phi) is 5.58. The van der Waals surface area contributed by atoms with Crippen LogP contribution in [0.2, 0.25) is 0 Å². The second-order valence-electron chi connectivity index (χ2n) is 10.0. The molecule has 0 saturated heterocycles. The monoisotopic (exact) mass is 464 g/mol. The fraction of sp³-hybridized carbons (Fsp3) is 0.429. The van der Waals surface area contributed by atoms with Crippen LogP contribution < -0.4 is 25.2 Å². The summed E-state index contributed by atoms with van der Waals surface area (Å²) in [6.45, 7) is 8.51. The highest BCUT2D eigenvalue weighted by Crippen LogP contribution is 2.41. The number of Topliss-reactive ketones (excluding diaryl/α,β-unsaturated/α-hetero) is 1. The average molecular weight is 465 g/mol. The number of carbonyl (C=O) groups excluding carboxylic acids is 1. The molecule has 2 heterocycles. The van der Waals surface area contributed by atoms with E-state index in [1.54, 1.807) is 12.1 Å². The number of hydrogen-bond donors (Lipinski definition) is 0. The summed E-state index contributed by atoms with van der Waals surface area (Å²) in [7, 11) is 0. The van der Waals surface area contributed by atoms with E-state index in [1.807, 2.05) is 12.1 Å². The Labute approximate surface area is 198 Å². The molecule has 6 heteroatoms. The second-order valence-corrected chi connectivity index (χ2v) is 10.0. The van der Waals surface area contributed by atoms with Gasteiger partial charge in [0.1, 0.15) is 25.9 Å². The zero-order chi connectivity index (χ0) is 24.3. The van der Waals surface area contributed by atoms with Crippen LogP contribution in [0, 0.1) is 0 Å². The van der Waals surface area contributed by atoms with Gasteiger partial charge in [0.05, 0.1) is 0 Å². The number of halogens is 2. The molecule has 4 nitrogen and oxygen atoms in total. The Morgan fingerprint density at radius 3 is 2.32 bits per heavy atom. The van der Waals surface area contributed by atoms with Gasteiger partial charge >= 0.3 is 0 Å². The van der Waals surface area contributed by atoms with Gasteiger partial charge in [-0.25, -0.2) is 13.4 Å². The summed E-state index contributed by atoms with van der Waals surface area (Å²) in [6, 6.07) is 7.76. The highest BCUT2D eigenvalue weighted by Gasteiger charge is 2.33. The van der Waals surface area contributed by atoms with E-state index < -0.39 is 24.9 Å². The highest BCUT2D eigenvalue weighted by molar-refractivity contribution is 6.51. The van der Waals surface area contributed by atoms with Crippen molar-refractivity contribution in [2.75, 3.05) is 18.0 Å². The van der Waals surface area contributed by atoms with Gasteiger partial charge in [0, 0.05) is 47.5 Å². The molecule has 3 aliphatic rings. The van der Waals surface area contributed by atoms with E-state index >= 15 is 0 Å². The van der Waals surface area contributed by atoms with E-state index in [0.29, 0.717) is 21.9 Å². The lowest BCUT2D eigenvalue weighted by Crippen LogP contribution is -2.37. The Morgan fingerprint density at radius 2 is 1.71 bits per heavy atom. The predicted octanol–water partition coefficient (Wildman–Crippen LogP) is 2.36. The average Bonchev–Trinajstić information content (AvgIpc) is 3.41. The molecular weight excluding hydrogens is 434 g/mol. The van der Waals surface area contributed by atoms with Gasteiger partial charge in [-0.1, -0.05) is 5.76 Å². The summed E-state index contributed by atoms with van der Waals surface area (Å²) in [5, 5.41) is 14.7. The molecule has 0 aromatic heterocycles. The third-order valence-corrected chi connectivity index (χ3v) is 7.45. The molecule has 34 heavy (non-hydrogen) atoms. The van der Waals surface area contributed by atoms with Crippen LogP contribution in [0.15, 0.2) is 30.0 Å². The molecular formula is C28H30F2N2O2. The molecule has 0 N–H and O–H groups in total. The molecule has 0 amide bonds. The summed E-state index contributed by atoms with van der Waals surface area (Å²) in [6.07, 6.45) is 1.59. The van der Waals surface area contributed by atoms with Crippen LogP contribution in [-0.4, -0.2) is 31.0 Å². The van der Waals surface area contributed by atoms with Crippen molar-refractivity contribution in [3.8, 4) is 0 Å². The van der Waals surface area contributed by atoms with E-state index in [0.717, 1.165) is 48.1 Å². The Bertz CT molecular complexity index is 1370. The van der Waals surface area contributed by atoms with E-state index in [-0.39, 0.29) is 23.2 Å². The number of anilines is 1. The Balaban J connectivity index is 1.67. The molecule has 0 atom stereocenters. The molecule has 178 valence electrons. The standard InChI is InChI=1S/C28H30F2N2O2/c1-15(2)31-7-5-17-9-21(19(13-29)11-23(17)31)25-27(33)26(28(25)34)22-10-18-6-8-32(16(3)4)24(18)12-20(22)14-30/h9-12,15-16H,5-8,13-14H2,1-4H3. The number of carbonyl (C=O) groups is 1. The Morgan fingerprint density at radius 1 is 0.971 bits per heavy atom. The van der Waals surface area contributed by atoms with Gasteiger partial charge in [-0.2, -0.15) is 0 Å². The number of rotatable bonds is 5. The molecule has 0 bridgehead atoms. The molecule has 2 aliphatic heterocycles. The molecule has 0 spiro atoms. The predicted molar refractivity (Wildman–Crippen MR) is 128 cm³/mol. The van der Waals surface area contributed by atoms with Crippen LogP contribution in [0.4, 0.5) is 14.5 Å². The van der Waals surface area contributed by atoms with Crippen LogP contribution in [0.25, 0.3) is 11.1 Å². The van der Waals surface area contributed by atoms with Gasteiger partial charge in [0.2, 0.25) is 5.36 Å². The summed E-state index contributed by atoms with van der Waals surface area (Å²) in [5.74, 6) is -0.821. The van der Waals surface area contributed by atoms with Crippen molar-refractivity contribution in [3.05, 3.63) is 68.4 Å². The van der Waals surface area contributed by atoms with Crippen molar-refractivity contribution < 1.29 is 18.7 Å². The minimum absolute atomic E-state index is 0.0301. The fourth-order valence-corrected chi connectivity index (χ4v) is 5.65. The first-order chi connectivity index (χ1) is 16.3. The lowest BCUT2D eigenvalue weighted by Gasteiger charge is -2.32. The molecule has 0 radical (unpaired) electrons. The zero-order valence-electron chi connectivity index (χ0n) is 20.2. The number of allylic oxidation sites excluding steroid dienone is 2. The molecule has 5 rings (SSSR count). The summed E-state index contributed by atoms with van der Waals surface area (Å²) in [4.78, 5) is 15.5. The van der Waals surface area contributed by atoms with Gasteiger partial charge in [0.15, 0.2) is 5.78 Å². The highest BCUT2D eigenvalue weighted by atomic mass is 19.1. The van der Waals surface area contributed by atoms with Gasteiger partial charge < -0.3 is 10.0 Å². The summed E-state index contributed by atoms with van der Waals surface area (Å²) >= 11 is 0. The minimum atomic E-state index is -0.756. The number of hydrogen-bond acceptors (Lipinski definition) is 3. The first-order valence-corrected chi connectivity index (χ1v) is 12.1. The summed E-state index contributed by atoms with van der Waals surface area (Å²) in [5.41, 5.74) is 4.19. The van der Waals surface area contributed by atoms with Crippen molar-refractivity contribution in [2.24, 2.45) is 0 Å². The summed E-state index contributed by atoms with van der Waals surface area (Å²) < 4.78 is 30.3. The maximum absolute atomic E-state index is 14.0. The maximum Gasteiger partial charge on any atom is 0.203 e. The SMILES string of the molecule is CC(C)N1CCc2cc(C3=C([O-])/C(=c4/cc5c(cc4CF)=[N+](C(C)C)CC5)C3=O)c(CF)cc21. The molecule has 0 fully saturated rings. The van der Waals surface area contributed by atoms with Crippen LogP contribution >= 0.6 is 0 Å². The van der Waals surface area contributed by atoms with E-state index in [4.69, 9.17) is 0 Å². The van der Waals surface area contributed by atoms with E-state index in [1.165, 1.54) is 0 Å². The normalized spacial score (nSPS) is 18.9.